The van der Waals surface area contributed by atoms with Crippen LogP contribution in [0.5, 0.6) is 0 Å². The summed E-state index contributed by atoms with van der Waals surface area (Å²) in [6, 6.07) is 0. The Bertz CT molecular complexity index is 1210. The van der Waals surface area contributed by atoms with Crippen LogP contribution in [0.3, 0.4) is 0 Å². The fourth-order valence-electron chi connectivity index (χ4n) is 11.2. The number of methoxy groups -OCH3 is 1. The lowest BCUT2D eigenvalue weighted by Gasteiger charge is -2.50. The van der Waals surface area contributed by atoms with Crippen LogP contribution in [0.25, 0.3) is 0 Å². The SMILES string of the molecule is CO[C@@H]1CC(CC2CC[C@H](C)[C@H](C(C)C(=O)O)O2)OC2(O[C@](C)(C3CC[C@@](C)(C4OC(C5O[C@](C)(O)[C@H](C)C[C@@H]5C)C[C@@H]4C)O3)CC2C)[C@@H]1C. The molecule has 1 spiro atoms. The molecule has 10 heteroatoms. The van der Waals surface area contributed by atoms with Crippen molar-refractivity contribution in [1.29, 1.82) is 0 Å². The van der Waals surface area contributed by atoms with E-state index in [9.17, 15) is 15.0 Å². The average Bonchev–Trinajstić information content (AvgIpc) is 3.72. The van der Waals surface area contributed by atoms with E-state index in [2.05, 4.69) is 55.4 Å². The van der Waals surface area contributed by atoms with Gasteiger partial charge in [0, 0.05) is 37.7 Å². The lowest BCUT2D eigenvalue weighted by atomic mass is 9.78. The number of carboxylic acids is 1. The molecule has 9 unspecified atom stereocenters. The van der Waals surface area contributed by atoms with Crippen LogP contribution in [0.1, 0.15) is 127 Å². The first-order valence-corrected chi connectivity index (χ1v) is 19.8. The Hall–Kier alpha value is -0.850. The Morgan fingerprint density at radius 3 is 2.24 bits per heavy atom. The smallest absolute Gasteiger partial charge is 0.308 e. The molecule has 0 bridgehead atoms. The zero-order valence-electron chi connectivity index (χ0n) is 32.7. The molecular formula is C40H68O10. The van der Waals surface area contributed by atoms with E-state index in [1.54, 1.807) is 21.0 Å². The van der Waals surface area contributed by atoms with Gasteiger partial charge in [-0.25, -0.2) is 0 Å². The number of aliphatic carboxylic acids is 1. The molecule has 0 aliphatic carbocycles. The van der Waals surface area contributed by atoms with E-state index in [4.69, 9.17) is 33.2 Å². The molecule has 0 aromatic heterocycles. The maximum atomic E-state index is 11.8. The van der Waals surface area contributed by atoms with Crippen LogP contribution in [0.4, 0.5) is 0 Å². The summed E-state index contributed by atoms with van der Waals surface area (Å²) in [5.74, 6) is -2.36. The number of ether oxygens (including phenoxy) is 7. The second-order valence-corrected chi connectivity index (χ2v) is 18.4. The van der Waals surface area contributed by atoms with Gasteiger partial charge in [0.15, 0.2) is 11.6 Å². The minimum absolute atomic E-state index is 0.0109. The summed E-state index contributed by atoms with van der Waals surface area (Å²) in [6.45, 7) is 21.0. The van der Waals surface area contributed by atoms with Crippen LogP contribution in [0.15, 0.2) is 0 Å². The summed E-state index contributed by atoms with van der Waals surface area (Å²) < 4.78 is 47.2. The minimum atomic E-state index is -1.15. The van der Waals surface area contributed by atoms with Gasteiger partial charge in [-0.15, -0.1) is 0 Å². The lowest BCUT2D eigenvalue weighted by molar-refractivity contribution is -0.352. The van der Waals surface area contributed by atoms with Gasteiger partial charge in [-0.2, -0.15) is 0 Å². The lowest BCUT2D eigenvalue weighted by Crippen LogP contribution is -2.58. The topological polar surface area (TPSA) is 122 Å². The predicted octanol–water partition coefficient (Wildman–Crippen LogP) is 6.73. The number of hydrogen-bond acceptors (Lipinski definition) is 9. The maximum absolute atomic E-state index is 11.8. The van der Waals surface area contributed by atoms with Gasteiger partial charge < -0.3 is 43.4 Å². The zero-order valence-corrected chi connectivity index (χ0v) is 32.7. The Balaban J connectivity index is 1.13. The van der Waals surface area contributed by atoms with E-state index >= 15 is 0 Å². The first kappa shape index (κ1) is 38.9. The van der Waals surface area contributed by atoms with Crippen molar-refractivity contribution in [2.24, 2.45) is 41.4 Å². The van der Waals surface area contributed by atoms with Gasteiger partial charge in [0.2, 0.25) is 0 Å². The molecule has 2 N–H and O–H groups in total. The highest BCUT2D eigenvalue weighted by molar-refractivity contribution is 5.70. The van der Waals surface area contributed by atoms with Crippen molar-refractivity contribution in [3.63, 3.8) is 0 Å². The largest absolute Gasteiger partial charge is 0.481 e. The van der Waals surface area contributed by atoms with Crippen LogP contribution in [0, 0.1) is 41.4 Å². The van der Waals surface area contributed by atoms with Crippen molar-refractivity contribution in [3.05, 3.63) is 0 Å². The molecule has 6 aliphatic rings. The van der Waals surface area contributed by atoms with E-state index in [0.29, 0.717) is 18.3 Å². The molecule has 6 rings (SSSR count). The first-order valence-electron chi connectivity index (χ1n) is 19.8. The van der Waals surface area contributed by atoms with Crippen molar-refractivity contribution < 1.29 is 48.2 Å². The summed E-state index contributed by atoms with van der Waals surface area (Å²) >= 11 is 0. The molecule has 6 fully saturated rings. The fourth-order valence-corrected chi connectivity index (χ4v) is 11.2. The van der Waals surface area contributed by atoms with E-state index in [1.807, 2.05) is 0 Å². The van der Waals surface area contributed by atoms with Crippen molar-refractivity contribution >= 4 is 5.97 Å². The Morgan fingerprint density at radius 2 is 1.56 bits per heavy atom. The number of aliphatic hydroxyl groups is 1. The van der Waals surface area contributed by atoms with E-state index in [0.717, 1.165) is 51.4 Å². The predicted molar refractivity (Wildman–Crippen MR) is 187 cm³/mol. The quantitative estimate of drug-likeness (QED) is 0.281. The van der Waals surface area contributed by atoms with E-state index in [-0.39, 0.29) is 72.5 Å². The minimum Gasteiger partial charge on any atom is -0.481 e. The Labute approximate surface area is 300 Å². The molecule has 0 saturated carbocycles. The molecule has 0 aromatic rings. The van der Waals surface area contributed by atoms with Crippen LogP contribution < -0.4 is 0 Å². The zero-order chi connectivity index (χ0) is 36.6. The summed E-state index contributed by atoms with van der Waals surface area (Å²) in [4.78, 5) is 11.8. The molecule has 10 nitrogen and oxygen atoms in total. The third-order valence-corrected chi connectivity index (χ3v) is 14.4. The van der Waals surface area contributed by atoms with Crippen molar-refractivity contribution in [2.45, 2.75) is 199 Å². The first-order chi connectivity index (χ1) is 23.3. The molecule has 288 valence electrons. The fraction of sp³-hybridized carbons (Fsp3) is 0.975. The highest BCUT2D eigenvalue weighted by atomic mass is 16.7. The molecular weight excluding hydrogens is 640 g/mol. The van der Waals surface area contributed by atoms with Gasteiger partial charge in [0.1, 0.15) is 0 Å². The molecule has 19 atom stereocenters. The molecule has 50 heavy (non-hydrogen) atoms. The van der Waals surface area contributed by atoms with Crippen molar-refractivity contribution in [2.75, 3.05) is 7.11 Å². The maximum Gasteiger partial charge on any atom is 0.308 e. The van der Waals surface area contributed by atoms with Gasteiger partial charge in [0.25, 0.3) is 0 Å². The Morgan fingerprint density at radius 1 is 0.840 bits per heavy atom. The number of carbonyl (C=O) groups is 1. The van der Waals surface area contributed by atoms with E-state index in [1.165, 1.54) is 0 Å². The molecule has 6 aliphatic heterocycles. The highest BCUT2D eigenvalue weighted by Gasteiger charge is 2.65. The number of carboxylic acid groups (broad SMARTS) is 1. The summed E-state index contributed by atoms with van der Waals surface area (Å²) in [7, 11) is 1.78. The summed E-state index contributed by atoms with van der Waals surface area (Å²) in [6.07, 6.45) is 6.64. The number of hydrogen-bond donors (Lipinski definition) is 2. The van der Waals surface area contributed by atoms with Gasteiger partial charge in [-0.3, -0.25) is 4.79 Å². The monoisotopic (exact) mass is 708 g/mol. The van der Waals surface area contributed by atoms with Crippen molar-refractivity contribution in [1.82, 2.24) is 0 Å². The molecule has 0 radical (unpaired) electrons. The van der Waals surface area contributed by atoms with Crippen molar-refractivity contribution in [3.8, 4) is 0 Å². The van der Waals surface area contributed by atoms with Gasteiger partial charge in [-0.1, -0.05) is 41.5 Å². The van der Waals surface area contributed by atoms with Gasteiger partial charge in [0.05, 0.1) is 66.0 Å². The summed E-state index contributed by atoms with van der Waals surface area (Å²) in [5.41, 5.74) is -1.02. The van der Waals surface area contributed by atoms with Crippen LogP contribution in [-0.2, 0) is 38.0 Å². The van der Waals surface area contributed by atoms with Crippen LogP contribution in [0.2, 0.25) is 0 Å². The normalized spacial score (nSPS) is 55.0. The molecule has 6 heterocycles. The third-order valence-electron chi connectivity index (χ3n) is 14.4. The second-order valence-electron chi connectivity index (χ2n) is 18.4. The third kappa shape index (κ3) is 6.96. The highest BCUT2D eigenvalue weighted by Crippen LogP contribution is 2.57. The van der Waals surface area contributed by atoms with Gasteiger partial charge >= 0.3 is 5.97 Å². The van der Waals surface area contributed by atoms with Crippen LogP contribution in [-0.4, -0.2) is 94.9 Å². The summed E-state index contributed by atoms with van der Waals surface area (Å²) in [5, 5.41) is 20.6. The second kappa shape index (κ2) is 14.1. The van der Waals surface area contributed by atoms with E-state index < -0.39 is 34.7 Å². The standard InChI is InChI=1S/C40H68O10/c1-21-12-13-28(45-33(21)26(6)36(41)42)18-29-19-30(44-11)27(7)40(47-29)25(5)20-38(9,50-40)32-14-15-37(8,48-32)35-23(3)17-31(46-35)34-22(2)16-24(4)39(10,43)49-34/h21-35,43H,12-20H2,1-11H3,(H,41,42)/t21-,22-,23-,24+,25?,26?,27+,28?,29?,30+,31?,32?,33+,34?,35?,37-,38-,39-,40?/m0/s1. The average molecular weight is 709 g/mol. The molecule has 0 amide bonds. The molecule has 0 aromatic carbocycles. The number of rotatable bonds is 8. The Kier molecular flexibility index (Phi) is 11.0. The van der Waals surface area contributed by atoms with Crippen LogP contribution >= 0.6 is 0 Å². The van der Waals surface area contributed by atoms with Gasteiger partial charge in [-0.05, 0) is 90.4 Å². The molecule has 6 saturated heterocycles.